The highest BCUT2D eigenvalue weighted by Crippen LogP contribution is 2.33. The van der Waals surface area contributed by atoms with Gasteiger partial charge in [-0.05, 0) is 68.5 Å². The van der Waals surface area contributed by atoms with Gasteiger partial charge in [-0.1, -0.05) is 24.3 Å². The first-order chi connectivity index (χ1) is 16.4. The third-order valence-corrected chi connectivity index (χ3v) is 6.60. The zero-order valence-corrected chi connectivity index (χ0v) is 18.8. The van der Waals surface area contributed by atoms with Crippen LogP contribution in [-0.2, 0) is 14.4 Å². The van der Waals surface area contributed by atoms with Crippen LogP contribution in [0.1, 0.15) is 41.6 Å². The van der Waals surface area contributed by atoms with E-state index in [1.165, 1.54) is 5.01 Å². The van der Waals surface area contributed by atoms with E-state index in [4.69, 9.17) is 0 Å². The maximum atomic E-state index is 13.0. The van der Waals surface area contributed by atoms with Crippen LogP contribution in [0.15, 0.2) is 54.6 Å². The standard InChI is InChI=1S/C26H26N4O4/c1-15-9-12-18(27-23(31)16-10-11-16)14-22(15)28-24(32)17-5-4-6-19(13-17)30-26(34)21-8-3-2-7-20(21)25(33)29-30/h2-6,9,12-14,16,20-21H,7-8,10-11H2,1H3,(H,27,31)(H,28,32)(H,29,33). The number of nitrogens with one attached hydrogen (secondary N) is 3. The zero-order valence-electron chi connectivity index (χ0n) is 18.8. The van der Waals surface area contributed by atoms with Crippen molar-refractivity contribution in [3.8, 4) is 0 Å². The molecule has 0 radical (unpaired) electrons. The van der Waals surface area contributed by atoms with Gasteiger partial charge < -0.3 is 10.6 Å². The SMILES string of the molecule is Cc1ccc(NC(=O)C2CC2)cc1NC(=O)c1cccc(N2NC(=O)C3CC=CCC3C2=O)c1. The summed E-state index contributed by atoms with van der Waals surface area (Å²) in [6.07, 6.45) is 6.77. The summed E-state index contributed by atoms with van der Waals surface area (Å²) in [4.78, 5) is 50.7. The fourth-order valence-electron chi connectivity index (χ4n) is 4.39. The molecule has 2 aromatic carbocycles. The molecule has 1 saturated heterocycles. The van der Waals surface area contributed by atoms with E-state index in [2.05, 4.69) is 16.1 Å². The molecule has 2 aromatic rings. The smallest absolute Gasteiger partial charge is 0.255 e. The largest absolute Gasteiger partial charge is 0.326 e. The Balaban J connectivity index is 1.33. The van der Waals surface area contributed by atoms with Gasteiger partial charge in [-0.3, -0.25) is 24.6 Å². The molecule has 5 rings (SSSR count). The molecule has 2 unspecified atom stereocenters. The maximum absolute atomic E-state index is 13.0. The number of anilines is 3. The van der Waals surface area contributed by atoms with Crippen molar-refractivity contribution in [2.45, 2.75) is 32.6 Å². The Morgan fingerprint density at radius 2 is 1.74 bits per heavy atom. The highest BCUT2D eigenvalue weighted by atomic mass is 16.2. The number of rotatable bonds is 5. The summed E-state index contributed by atoms with van der Waals surface area (Å²) >= 11 is 0. The van der Waals surface area contributed by atoms with E-state index < -0.39 is 5.92 Å². The molecule has 3 N–H and O–H groups in total. The molecular formula is C26H26N4O4. The van der Waals surface area contributed by atoms with E-state index in [0.717, 1.165) is 18.4 Å². The summed E-state index contributed by atoms with van der Waals surface area (Å²) in [5.41, 5.74) is 5.53. The normalized spacial score (nSPS) is 21.5. The van der Waals surface area contributed by atoms with E-state index in [-0.39, 0.29) is 35.5 Å². The van der Waals surface area contributed by atoms with Crippen molar-refractivity contribution >= 4 is 40.7 Å². The summed E-state index contributed by atoms with van der Waals surface area (Å²) in [5.74, 6) is -1.39. The van der Waals surface area contributed by atoms with Crippen molar-refractivity contribution in [3.05, 3.63) is 65.7 Å². The molecular weight excluding hydrogens is 432 g/mol. The minimum atomic E-state index is -0.396. The molecule has 8 heteroatoms. The minimum Gasteiger partial charge on any atom is -0.326 e. The monoisotopic (exact) mass is 458 g/mol. The second kappa shape index (κ2) is 8.78. The number of amides is 4. The number of hydrogen-bond donors (Lipinski definition) is 3. The van der Waals surface area contributed by atoms with Gasteiger partial charge in [0.1, 0.15) is 0 Å². The van der Waals surface area contributed by atoms with Gasteiger partial charge in [0.25, 0.3) is 5.91 Å². The van der Waals surface area contributed by atoms with Gasteiger partial charge >= 0.3 is 0 Å². The van der Waals surface area contributed by atoms with Gasteiger partial charge in [0.15, 0.2) is 0 Å². The van der Waals surface area contributed by atoms with Gasteiger partial charge in [-0.25, -0.2) is 5.01 Å². The number of aryl methyl sites for hydroxylation is 1. The zero-order chi connectivity index (χ0) is 23.8. The molecule has 0 spiro atoms. The molecule has 1 saturated carbocycles. The number of hydrogen-bond acceptors (Lipinski definition) is 4. The second-order valence-corrected chi connectivity index (χ2v) is 9.10. The third-order valence-electron chi connectivity index (χ3n) is 6.60. The van der Waals surface area contributed by atoms with Crippen molar-refractivity contribution in [2.75, 3.05) is 15.6 Å². The van der Waals surface area contributed by atoms with Crippen LogP contribution in [0.2, 0.25) is 0 Å². The molecule has 174 valence electrons. The summed E-state index contributed by atoms with van der Waals surface area (Å²) in [7, 11) is 0. The van der Waals surface area contributed by atoms with Crippen LogP contribution in [-0.4, -0.2) is 23.6 Å². The van der Waals surface area contributed by atoms with E-state index in [9.17, 15) is 19.2 Å². The van der Waals surface area contributed by atoms with Crippen molar-refractivity contribution in [1.29, 1.82) is 0 Å². The van der Waals surface area contributed by atoms with Crippen molar-refractivity contribution in [3.63, 3.8) is 0 Å². The molecule has 1 aliphatic heterocycles. The van der Waals surface area contributed by atoms with E-state index >= 15 is 0 Å². The van der Waals surface area contributed by atoms with Gasteiger partial charge in [-0.15, -0.1) is 0 Å². The Morgan fingerprint density at radius 3 is 2.50 bits per heavy atom. The average molecular weight is 459 g/mol. The highest BCUT2D eigenvalue weighted by Gasteiger charge is 2.42. The van der Waals surface area contributed by atoms with Gasteiger partial charge in [0.05, 0.1) is 17.5 Å². The maximum Gasteiger partial charge on any atom is 0.255 e. The summed E-state index contributed by atoms with van der Waals surface area (Å²) in [6.45, 7) is 1.87. The predicted molar refractivity (Wildman–Crippen MR) is 128 cm³/mol. The van der Waals surface area contributed by atoms with Gasteiger partial charge in [0.2, 0.25) is 17.7 Å². The van der Waals surface area contributed by atoms with Gasteiger partial charge in [-0.2, -0.15) is 0 Å². The summed E-state index contributed by atoms with van der Waals surface area (Å²) in [6, 6.07) is 12.0. The average Bonchev–Trinajstić information content (AvgIpc) is 3.69. The van der Waals surface area contributed by atoms with E-state index in [1.807, 2.05) is 31.2 Å². The van der Waals surface area contributed by atoms with Crippen molar-refractivity contribution in [2.24, 2.45) is 17.8 Å². The van der Waals surface area contributed by atoms with E-state index in [0.29, 0.717) is 35.5 Å². The molecule has 4 amide bonds. The number of fused-ring (bicyclic) bond motifs is 1. The Kier molecular flexibility index (Phi) is 5.65. The number of carbonyl (C=O) groups excluding carboxylic acids is 4. The summed E-state index contributed by atoms with van der Waals surface area (Å²) in [5, 5.41) is 7.03. The fraction of sp³-hybridized carbons (Fsp3) is 0.308. The molecule has 8 nitrogen and oxygen atoms in total. The number of carbonyl (C=O) groups is 4. The first-order valence-corrected chi connectivity index (χ1v) is 11.5. The molecule has 1 heterocycles. The lowest BCUT2D eigenvalue weighted by atomic mass is 9.80. The molecule has 2 aliphatic carbocycles. The lowest BCUT2D eigenvalue weighted by Crippen LogP contribution is -2.59. The number of nitrogens with zero attached hydrogens (tertiary/aromatic N) is 1. The van der Waals surface area contributed by atoms with E-state index in [1.54, 1.807) is 30.3 Å². The van der Waals surface area contributed by atoms with Crippen LogP contribution >= 0.6 is 0 Å². The Morgan fingerprint density at radius 1 is 0.971 bits per heavy atom. The Bertz CT molecular complexity index is 1220. The molecule has 2 fully saturated rings. The molecule has 34 heavy (non-hydrogen) atoms. The van der Waals surface area contributed by atoms with Crippen LogP contribution in [0.25, 0.3) is 0 Å². The van der Waals surface area contributed by atoms with Crippen LogP contribution in [0.4, 0.5) is 17.1 Å². The molecule has 0 bridgehead atoms. The van der Waals surface area contributed by atoms with Crippen LogP contribution in [0.3, 0.4) is 0 Å². The first kappa shape index (κ1) is 21.9. The molecule has 2 atom stereocenters. The highest BCUT2D eigenvalue weighted by molar-refractivity contribution is 6.08. The fourth-order valence-corrected chi connectivity index (χ4v) is 4.39. The van der Waals surface area contributed by atoms with Crippen molar-refractivity contribution in [1.82, 2.24) is 5.43 Å². The quantitative estimate of drug-likeness (QED) is 0.596. The summed E-state index contributed by atoms with van der Waals surface area (Å²) < 4.78 is 0. The minimum absolute atomic E-state index is 0.00206. The van der Waals surface area contributed by atoms with Crippen LogP contribution in [0, 0.1) is 24.7 Å². The van der Waals surface area contributed by atoms with Gasteiger partial charge in [0, 0.05) is 22.9 Å². The van der Waals surface area contributed by atoms with Crippen molar-refractivity contribution < 1.29 is 19.2 Å². The Labute approximate surface area is 197 Å². The molecule has 0 aromatic heterocycles. The second-order valence-electron chi connectivity index (χ2n) is 9.10. The predicted octanol–water partition coefficient (Wildman–Crippen LogP) is 3.56. The first-order valence-electron chi connectivity index (χ1n) is 11.5. The number of allylic oxidation sites excluding steroid dienone is 2. The topological polar surface area (TPSA) is 108 Å². The number of hydrazine groups is 1. The van der Waals surface area contributed by atoms with Crippen LogP contribution < -0.4 is 21.1 Å². The molecule has 3 aliphatic rings. The third kappa shape index (κ3) is 4.31. The number of benzene rings is 2. The van der Waals surface area contributed by atoms with Crippen LogP contribution in [0.5, 0.6) is 0 Å². The lowest BCUT2D eigenvalue weighted by molar-refractivity contribution is -0.139. The Hall–Kier alpha value is -3.94. The lowest BCUT2D eigenvalue weighted by Gasteiger charge is -2.38.